The first kappa shape index (κ1) is 15.6. The molecule has 0 spiro atoms. The van der Waals surface area contributed by atoms with Gasteiger partial charge in [-0.15, -0.1) is 11.3 Å². The second-order valence-corrected chi connectivity index (χ2v) is 4.87. The molecule has 106 valence electrons. The number of nitrogens with zero attached hydrogens (tertiary/aromatic N) is 1. The lowest BCUT2D eigenvalue weighted by molar-refractivity contribution is -0.123. The minimum absolute atomic E-state index is 0.104. The Balaban J connectivity index is 2.28. The molecule has 0 saturated heterocycles. The quantitative estimate of drug-likeness (QED) is 0.626. The highest BCUT2D eigenvalue weighted by Gasteiger charge is 2.11. The number of aliphatic hydroxyl groups excluding tert-OH is 1. The van der Waals surface area contributed by atoms with Crippen molar-refractivity contribution in [2.75, 3.05) is 26.2 Å². The Morgan fingerprint density at radius 1 is 1.42 bits per heavy atom. The normalized spacial score (nSPS) is 10.5. The fourth-order valence-corrected chi connectivity index (χ4v) is 2.10. The van der Waals surface area contributed by atoms with Crippen molar-refractivity contribution in [3.8, 4) is 0 Å². The van der Waals surface area contributed by atoms with E-state index in [1.54, 1.807) is 17.5 Å². The van der Waals surface area contributed by atoms with Gasteiger partial charge in [0, 0.05) is 13.2 Å². The number of nitrogens with one attached hydrogen (secondary N) is 2. The number of hydrogen-bond donors (Lipinski definition) is 3. The van der Waals surface area contributed by atoms with Crippen LogP contribution >= 0.6 is 11.3 Å². The zero-order valence-corrected chi connectivity index (χ0v) is 11.7. The highest BCUT2D eigenvalue weighted by Crippen LogP contribution is 2.06. The van der Waals surface area contributed by atoms with Crippen LogP contribution in [0.25, 0.3) is 0 Å². The van der Waals surface area contributed by atoms with E-state index in [2.05, 4.69) is 10.9 Å². The Morgan fingerprint density at radius 3 is 2.79 bits per heavy atom. The number of hydrogen-bond acceptors (Lipinski definition) is 5. The Morgan fingerprint density at radius 2 is 2.21 bits per heavy atom. The fourth-order valence-electron chi connectivity index (χ4n) is 1.48. The van der Waals surface area contributed by atoms with Crippen LogP contribution in [0.15, 0.2) is 17.5 Å². The van der Waals surface area contributed by atoms with E-state index in [0.29, 0.717) is 24.4 Å². The summed E-state index contributed by atoms with van der Waals surface area (Å²) in [5.41, 5.74) is 4.74. The van der Waals surface area contributed by atoms with E-state index in [9.17, 15) is 9.59 Å². The standard InChI is InChI=1S/C12H19N3O3S/c1-2-15(6-4-7-16)9-11(17)13-14-12(18)10-5-3-8-19-10/h3,5,8,16H,2,4,6-7,9H2,1H3,(H,13,17)(H,14,18). The molecule has 3 N–H and O–H groups in total. The van der Waals surface area contributed by atoms with Crippen LogP contribution in [-0.4, -0.2) is 48.1 Å². The number of rotatable bonds is 7. The third-order valence-corrected chi connectivity index (χ3v) is 3.38. The molecule has 1 aromatic heterocycles. The second kappa shape index (κ2) is 8.63. The maximum Gasteiger partial charge on any atom is 0.279 e. The Bertz CT molecular complexity index is 395. The summed E-state index contributed by atoms with van der Waals surface area (Å²) in [6, 6.07) is 3.46. The number of thiophene rings is 1. The van der Waals surface area contributed by atoms with Crippen molar-refractivity contribution in [2.45, 2.75) is 13.3 Å². The van der Waals surface area contributed by atoms with Crippen molar-refractivity contribution in [2.24, 2.45) is 0 Å². The molecule has 0 radical (unpaired) electrons. The molecule has 1 aromatic rings. The predicted octanol–water partition coefficient (Wildman–Crippen LogP) is 0.213. The number of amides is 2. The summed E-state index contributed by atoms with van der Waals surface area (Å²) < 4.78 is 0. The van der Waals surface area contributed by atoms with Crippen LogP contribution in [0, 0.1) is 0 Å². The lowest BCUT2D eigenvalue weighted by Gasteiger charge is -2.19. The smallest absolute Gasteiger partial charge is 0.279 e. The molecular formula is C12H19N3O3S. The minimum atomic E-state index is -0.318. The number of carbonyl (C=O) groups excluding carboxylic acids is 2. The van der Waals surface area contributed by atoms with Crippen molar-refractivity contribution in [1.82, 2.24) is 15.8 Å². The van der Waals surface area contributed by atoms with E-state index in [-0.39, 0.29) is 25.0 Å². The van der Waals surface area contributed by atoms with Gasteiger partial charge >= 0.3 is 0 Å². The zero-order chi connectivity index (χ0) is 14.1. The predicted molar refractivity (Wildman–Crippen MR) is 73.7 cm³/mol. The van der Waals surface area contributed by atoms with Gasteiger partial charge in [0.1, 0.15) is 0 Å². The maximum absolute atomic E-state index is 11.6. The topological polar surface area (TPSA) is 81.7 Å². The van der Waals surface area contributed by atoms with Gasteiger partial charge in [0.2, 0.25) is 0 Å². The van der Waals surface area contributed by atoms with Crippen LogP contribution in [0.5, 0.6) is 0 Å². The van der Waals surface area contributed by atoms with E-state index in [1.165, 1.54) is 11.3 Å². The van der Waals surface area contributed by atoms with Crippen LogP contribution < -0.4 is 10.9 Å². The lowest BCUT2D eigenvalue weighted by atomic mass is 10.4. The van der Waals surface area contributed by atoms with Crippen LogP contribution in [0.2, 0.25) is 0 Å². The Kier molecular flexibility index (Phi) is 7.09. The minimum Gasteiger partial charge on any atom is -0.396 e. The molecule has 0 aromatic carbocycles. The van der Waals surface area contributed by atoms with E-state index >= 15 is 0 Å². The molecule has 0 atom stereocenters. The number of hydrazine groups is 1. The van der Waals surface area contributed by atoms with Gasteiger partial charge < -0.3 is 5.11 Å². The van der Waals surface area contributed by atoms with Gasteiger partial charge in [0.25, 0.3) is 11.8 Å². The van der Waals surface area contributed by atoms with Gasteiger partial charge in [-0.2, -0.15) is 0 Å². The van der Waals surface area contributed by atoms with Crippen LogP contribution in [0.1, 0.15) is 23.0 Å². The molecule has 0 bridgehead atoms. The SMILES string of the molecule is CCN(CCCO)CC(=O)NNC(=O)c1cccs1. The van der Waals surface area contributed by atoms with Crippen LogP contribution in [0.4, 0.5) is 0 Å². The summed E-state index contributed by atoms with van der Waals surface area (Å²) in [6.07, 6.45) is 0.628. The maximum atomic E-state index is 11.6. The van der Waals surface area contributed by atoms with Gasteiger partial charge in [-0.05, 0) is 24.4 Å². The zero-order valence-electron chi connectivity index (χ0n) is 10.9. The first-order valence-electron chi connectivity index (χ1n) is 6.13. The molecule has 0 aliphatic rings. The van der Waals surface area contributed by atoms with E-state index < -0.39 is 0 Å². The van der Waals surface area contributed by atoms with Crippen molar-refractivity contribution in [3.63, 3.8) is 0 Å². The average molecular weight is 285 g/mol. The summed E-state index contributed by atoms with van der Waals surface area (Å²) >= 11 is 1.31. The van der Waals surface area contributed by atoms with E-state index in [0.717, 1.165) is 0 Å². The Labute approximate surface area is 116 Å². The van der Waals surface area contributed by atoms with Crippen molar-refractivity contribution in [3.05, 3.63) is 22.4 Å². The molecule has 0 aliphatic heterocycles. The summed E-state index contributed by atoms with van der Waals surface area (Å²) in [6.45, 7) is 3.61. The van der Waals surface area contributed by atoms with Gasteiger partial charge in [-0.25, -0.2) is 0 Å². The molecule has 6 nitrogen and oxygen atoms in total. The van der Waals surface area contributed by atoms with Gasteiger partial charge in [-0.3, -0.25) is 25.3 Å². The highest BCUT2D eigenvalue weighted by molar-refractivity contribution is 7.12. The summed E-state index contributed by atoms with van der Waals surface area (Å²) in [7, 11) is 0. The third-order valence-electron chi connectivity index (χ3n) is 2.51. The number of aliphatic hydroxyl groups is 1. The number of carbonyl (C=O) groups is 2. The molecule has 1 rings (SSSR count). The molecular weight excluding hydrogens is 266 g/mol. The largest absolute Gasteiger partial charge is 0.396 e. The monoisotopic (exact) mass is 285 g/mol. The Hall–Kier alpha value is -1.44. The highest BCUT2D eigenvalue weighted by atomic mass is 32.1. The van der Waals surface area contributed by atoms with E-state index in [4.69, 9.17) is 5.11 Å². The summed E-state index contributed by atoms with van der Waals surface area (Å²) in [5.74, 6) is -0.591. The van der Waals surface area contributed by atoms with Crippen LogP contribution in [0.3, 0.4) is 0 Å². The molecule has 1 heterocycles. The molecule has 2 amide bonds. The van der Waals surface area contributed by atoms with Crippen LogP contribution in [-0.2, 0) is 4.79 Å². The lowest BCUT2D eigenvalue weighted by Crippen LogP contribution is -2.46. The third kappa shape index (κ3) is 5.82. The first-order valence-corrected chi connectivity index (χ1v) is 7.01. The van der Waals surface area contributed by atoms with Gasteiger partial charge in [0.15, 0.2) is 0 Å². The average Bonchev–Trinajstić information content (AvgIpc) is 2.94. The molecule has 0 saturated carbocycles. The molecule has 0 fully saturated rings. The number of likely N-dealkylation sites (N-methyl/N-ethyl adjacent to an activating group) is 1. The molecule has 7 heteroatoms. The summed E-state index contributed by atoms with van der Waals surface area (Å²) in [5, 5.41) is 10.5. The first-order chi connectivity index (χ1) is 9.17. The van der Waals surface area contributed by atoms with Crippen molar-refractivity contribution >= 4 is 23.2 Å². The molecule has 0 unspecified atom stereocenters. The fraction of sp³-hybridized carbons (Fsp3) is 0.500. The molecule has 19 heavy (non-hydrogen) atoms. The van der Waals surface area contributed by atoms with Gasteiger partial charge in [0.05, 0.1) is 11.4 Å². The summed E-state index contributed by atoms with van der Waals surface area (Å²) in [4.78, 5) is 25.6. The van der Waals surface area contributed by atoms with E-state index in [1.807, 2.05) is 11.8 Å². The van der Waals surface area contributed by atoms with Crippen molar-refractivity contribution < 1.29 is 14.7 Å². The van der Waals surface area contributed by atoms with Gasteiger partial charge in [-0.1, -0.05) is 13.0 Å². The second-order valence-electron chi connectivity index (χ2n) is 3.93. The van der Waals surface area contributed by atoms with Crippen molar-refractivity contribution in [1.29, 1.82) is 0 Å². The molecule has 0 aliphatic carbocycles.